The molecule has 0 saturated carbocycles. The molecule has 158 valence electrons. The lowest BCUT2D eigenvalue weighted by molar-refractivity contribution is -0.135. The van der Waals surface area contributed by atoms with Crippen molar-refractivity contribution < 1.29 is 14.3 Å². The average Bonchev–Trinajstić information content (AvgIpc) is 3.29. The topological polar surface area (TPSA) is 76.5 Å². The molecule has 0 spiro atoms. The van der Waals surface area contributed by atoms with Gasteiger partial charge in [0.15, 0.2) is 0 Å². The molecule has 0 radical (unpaired) electrons. The first-order valence-electron chi connectivity index (χ1n) is 10.5. The van der Waals surface area contributed by atoms with Crippen molar-refractivity contribution >= 4 is 22.8 Å². The zero-order valence-electron chi connectivity index (χ0n) is 18.0. The summed E-state index contributed by atoms with van der Waals surface area (Å²) < 4.78 is 7.42. The second-order valence-electron chi connectivity index (χ2n) is 8.27. The van der Waals surface area contributed by atoms with Gasteiger partial charge in [-0.25, -0.2) is 4.98 Å². The second kappa shape index (κ2) is 8.95. The molecule has 0 aliphatic carbocycles. The summed E-state index contributed by atoms with van der Waals surface area (Å²) in [7, 11) is 0. The Balaban J connectivity index is 1.89. The van der Waals surface area contributed by atoms with Gasteiger partial charge in [-0.05, 0) is 59.6 Å². The Morgan fingerprint density at radius 3 is 2.52 bits per heavy atom. The van der Waals surface area contributed by atoms with Gasteiger partial charge in [-0.1, -0.05) is 12.1 Å². The van der Waals surface area contributed by atoms with Crippen molar-refractivity contribution in [3.8, 4) is 0 Å². The number of carbonyl (C=O) groups excluding carboxylic acids is 2. The molecule has 1 fully saturated rings. The number of imidazole rings is 1. The van der Waals surface area contributed by atoms with Gasteiger partial charge in [0.1, 0.15) is 18.5 Å². The summed E-state index contributed by atoms with van der Waals surface area (Å²) >= 11 is 0. The largest absolute Gasteiger partial charge is 0.368 e. The maximum atomic E-state index is 13.1. The molecule has 1 aliphatic rings. The van der Waals surface area contributed by atoms with E-state index in [4.69, 9.17) is 9.72 Å². The Hall–Kier alpha value is -2.41. The molecule has 1 aromatic heterocycles. The average molecular weight is 401 g/mol. The van der Waals surface area contributed by atoms with Crippen LogP contribution in [0.25, 0.3) is 11.0 Å². The van der Waals surface area contributed by atoms with Crippen LogP contribution in [0.15, 0.2) is 24.3 Å². The van der Waals surface area contributed by atoms with Crippen molar-refractivity contribution in [3.63, 3.8) is 0 Å². The van der Waals surface area contributed by atoms with E-state index in [0.717, 1.165) is 23.9 Å². The minimum absolute atomic E-state index is 0.0389. The third-order valence-electron chi connectivity index (χ3n) is 5.35. The van der Waals surface area contributed by atoms with Crippen LogP contribution in [-0.2, 0) is 20.9 Å². The number of carbonyl (C=O) groups is 2. The van der Waals surface area contributed by atoms with Crippen molar-refractivity contribution in [1.29, 1.82) is 0 Å². The van der Waals surface area contributed by atoms with Gasteiger partial charge >= 0.3 is 0 Å². The van der Waals surface area contributed by atoms with Crippen LogP contribution in [0.2, 0.25) is 0 Å². The Kier molecular flexibility index (Phi) is 6.57. The van der Waals surface area contributed by atoms with Crippen molar-refractivity contribution in [2.24, 2.45) is 0 Å². The second-order valence-corrected chi connectivity index (χ2v) is 8.27. The van der Waals surface area contributed by atoms with E-state index in [-0.39, 0.29) is 36.5 Å². The van der Waals surface area contributed by atoms with Gasteiger partial charge in [-0.15, -0.1) is 0 Å². The number of aromatic nitrogens is 2. The minimum atomic E-state index is -0.394. The normalized spacial score (nSPS) is 17.8. The molecule has 0 bridgehead atoms. The zero-order chi connectivity index (χ0) is 21.1. The van der Waals surface area contributed by atoms with Crippen LogP contribution in [0, 0.1) is 0 Å². The van der Waals surface area contributed by atoms with E-state index in [0.29, 0.717) is 12.4 Å². The lowest BCUT2D eigenvalue weighted by Gasteiger charge is -2.31. The first kappa shape index (κ1) is 21.3. The zero-order valence-corrected chi connectivity index (χ0v) is 18.0. The lowest BCUT2D eigenvalue weighted by atomic mass is 10.2. The summed E-state index contributed by atoms with van der Waals surface area (Å²) in [5, 5.41) is 3.02. The number of ether oxygens (including phenoxy) is 1. The van der Waals surface area contributed by atoms with Gasteiger partial charge in [-0.2, -0.15) is 0 Å². The Morgan fingerprint density at radius 2 is 1.90 bits per heavy atom. The Bertz CT molecular complexity index is 860. The molecule has 3 rings (SSSR count). The fourth-order valence-electron chi connectivity index (χ4n) is 4.14. The van der Waals surface area contributed by atoms with Crippen LogP contribution in [-0.4, -0.2) is 51.1 Å². The molecule has 2 amide bonds. The van der Waals surface area contributed by atoms with E-state index in [1.165, 1.54) is 0 Å². The number of hydrogen-bond donors (Lipinski definition) is 1. The quantitative estimate of drug-likeness (QED) is 0.775. The Labute approximate surface area is 172 Å². The molecule has 1 N–H and O–H groups in total. The van der Waals surface area contributed by atoms with Gasteiger partial charge in [0, 0.05) is 18.7 Å². The monoisotopic (exact) mass is 400 g/mol. The van der Waals surface area contributed by atoms with Gasteiger partial charge in [-0.3, -0.25) is 9.59 Å². The van der Waals surface area contributed by atoms with E-state index < -0.39 is 6.10 Å². The minimum Gasteiger partial charge on any atom is -0.368 e. The Morgan fingerprint density at radius 1 is 1.21 bits per heavy atom. The number of nitrogens with zero attached hydrogens (tertiary/aromatic N) is 3. The molecule has 7 heteroatoms. The third kappa shape index (κ3) is 4.61. The molecule has 2 unspecified atom stereocenters. The SMILES string of the molecule is CC(NC(=O)C1CCCO1)c1nc2ccccc2n1CC(=O)N(C(C)C)C(C)C. The van der Waals surface area contributed by atoms with Gasteiger partial charge in [0.2, 0.25) is 11.8 Å². The lowest BCUT2D eigenvalue weighted by Crippen LogP contribution is -2.44. The van der Waals surface area contributed by atoms with Crippen molar-refractivity contribution in [3.05, 3.63) is 30.1 Å². The van der Waals surface area contributed by atoms with Crippen LogP contribution in [0.3, 0.4) is 0 Å². The number of amides is 2. The molecule has 2 heterocycles. The summed E-state index contributed by atoms with van der Waals surface area (Å²) in [6, 6.07) is 7.63. The predicted molar refractivity (Wildman–Crippen MR) is 112 cm³/mol. The first-order valence-corrected chi connectivity index (χ1v) is 10.5. The van der Waals surface area contributed by atoms with E-state index in [2.05, 4.69) is 5.32 Å². The molecule has 29 heavy (non-hydrogen) atoms. The highest BCUT2D eigenvalue weighted by molar-refractivity contribution is 5.83. The highest BCUT2D eigenvalue weighted by atomic mass is 16.5. The van der Waals surface area contributed by atoms with E-state index in [1.54, 1.807) is 0 Å². The molecule has 2 atom stereocenters. The number of rotatable bonds is 7. The molecule has 7 nitrogen and oxygen atoms in total. The highest BCUT2D eigenvalue weighted by Gasteiger charge is 2.28. The maximum Gasteiger partial charge on any atom is 0.249 e. The summed E-state index contributed by atoms with van der Waals surface area (Å²) in [5.74, 6) is 0.598. The van der Waals surface area contributed by atoms with Crippen LogP contribution in [0.1, 0.15) is 59.3 Å². The number of nitrogens with one attached hydrogen (secondary N) is 1. The van der Waals surface area contributed by atoms with E-state index >= 15 is 0 Å². The van der Waals surface area contributed by atoms with Gasteiger partial charge in [0.25, 0.3) is 0 Å². The molecule has 2 aromatic rings. The number of para-hydroxylation sites is 2. The maximum absolute atomic E-state index is 13.1. The van der Waals surface area contributed by atoms with Crippen LogP contribution in [0.4, 0.5) is 0 Å². The van der Waals surface area contributed by atoms with Crippen LogP contribution < -0.4 is 5.32 Å². The van der Waals surface area contributed by atoms with Crippen LogP contribution in [0.5, 0.6) is 0 Å². The van der Waals surface area contributed by atoms with Gasteiger partial charge in [0.05, 0.1) is 17.1 Å². The van der Waals surface area contributed by atoms with Crippen LogP contribution >= 0.6 is 0 Å². The van der Waals surface area contributed by atoms with Crippen molar-refractivity contribution in [1.82, 2.24) is 19.8 Å². The van der Waals surface area contributed by atoms with Crippen molar-refractivity contribution in [2.45, 2.75) is 78.2 Å². The summed E-state index contributed by atoms with van der Waals surface area (Å²) in [6.07, 6.45) is 1.25. The molecule has 1 aromatic carbocycles. The van der Waals surface area contributed by atoms with Gasteiger partial charge < -0.3 is 19.5 Å². The fourth-order valence-corrected chi connectivity index (χ4v) is 4.14. The predicted octanol–water partition coefficient (Wildman–Crippen LogP) is 3.04. The molecular formula is C22H32N4O3. The third-order valence-corrected chi connectivity index (χ3v) is 5.35. The summed E-state index contributed by atoms with van der Waals surface area (Å²) in [5.41, 5.74) is 1.70. The van der Waals surface area contributed by atoms with E-state index in [1.807, 2.05) is 68.4 Å². The number of fused-ring (bicyclic) bond motifs is 1. The first-order chi connectivity index (χ1) is 13.8. The van der Waals surface area contributed by atoms with Crippen molar-refractivity contribution in [2.75, 3.05) is 6.61 Å². The summed E-state index contributed by atoms with van der Waals surface area (Å²) in [6.45, 7) is 10.8. The fraction of sp³-hybridized carbons (Fsp3) is 0.591. The van der Waals surface area contributed by atoms with E-state index in [9.17, 15) is 9.59 Å². The molecular weight excluding hydrogens is 368 g/mol. The summed E-state index contributed by atoms with van der Waals surface area (Å²) in [4.78, 5) is 32.2. The highest BCUT2D eigenvalue weighted by Crippen LogP contribution is 2.22. The molecule has 1 saturated heterocycles. The number of hydrogen-bond acceptors (Lipinski definition) is 4. The molecule has 1 aliphatic heterocycles. The smallest absolute Gasteiger partial charge is 0.249 e. The standard InChI is InChI=1S/C22H32N4O3/c1-14(2)26(15(3)4)20(27)13-25-18-10-7-6-9-17(18)24-21(25)16(5)23-22(28)19-11-8-12-29-19/h6-7,9-10,14-16,19H,8,11-13H2,1-5H3,(H,23,28). The number of benzene rings is 1.